The number of ether oxygens (including phenoxy) is 1. The van der Waals surface area contributed by atoms with Gasteiger partial charge in [-0.2, -0.15) is 5.10 Å². The largest absolute Gasteiger partial charge is 0.465 e. The Labute approximate surface area is 142 Å². The first-order chi connectivity index (χ1) is 11.0. The Bertz CT molecular complexity index is 725. The summed E-state index contributed by atoms with van der Waals surface area (Å²) in [6, 6.07) is 6.04. The molecule has 23 heavy (non-hydrogen) atoms. The predicted molar refractivity (Wildman–Crippen MR) is 90.8 cm³/mol. The van der Waals surface area contributed by atoms with Crippen LogP contribution in [0.15, 0.2) is 22.7 Å². The number of aryl methyl sites for hydroxylation is 1. The number of carbonyl (C=O) groups is 1. The van der Waals surface area contributed by atoms with Crippen molar-refractivity contribution in [3.8, 4) is 0 Å². The van der Waals surface area contributed by atoms with E-state index in [4.69, 9.17) is 14.9 Å². The zero-order valence-electron chi connectivity index (χ0n) is 13.0. The molecule has 1 fully saturated rings. The van der Waals surface area contributed by atoms with E-state index in [1.165, 1.54) is 0 Å². The standard InChI is InChI=1S/C16H20BrN3O3/c1-23-9-3-8-20-13-5-2-4-11(17)14(13)12(19-20)10-16(6-7-16)18-15(21)22/h2,4-5,18H,3,6-10H2,1H3,(H,21,22). The highest BCUT2D eigenvalue weighted by Gasteiger charge is 2.45. The summed E-state index contributed by atoms with van der Waals surface area (Å²) >= 11 is 3.61. The van der Waals surface area contributed by atoms with Gasteiger partial charge in [0.05, 0.1) is 11.2 Å². The number of amides is 1. The average molecular weight is 382 g/mol. The average Bonchev–Trinajstić information content (AvgIpc) is 3.14. The minimum atomic E-state index is -0.967. The van der Waals surface area contributed by atoms with Gasteiger partial charge in [-0.05, 0) is 31.4 Å². The summed E-state index contributed by atoms with van der Waals surface area (Å²) in [6.07, 6.45) is 2.27. The first kappa shape index (κ1) is 16.3. The number of halogens is 1. The minimum absolute atomic E-state index is 0.347. The molecule has 0 saturated heterocycles. The van der Waals surface area contributed by atoms with Gasteiger partial charge in [0.2, 0.25) is 0 Å². The number of hydrogen-bond acceptors (Lipinski definition) is 3. The summed E-state index contributed by atoms with van der Waals surface area (Å²) in [6.45, 7) is 1.47. The number of aromatic nitrogens is 2. The SMILES string of the molecule is COCCCn1nc(CC2(NC(=O)O)CC2)c2c(Br)cccc21. The number of methoxy groups -OCH3 is 1. The van der Waals surface area contributed by atoms with Crippen molar-refractivity contribution in [1.29, 1.82) is 0 Å². The maximum atomic E-state index is 11.0. The maximum Gasteiger partial charge on any atom is 0.405 e. The minimum Gasteiger partial charge on any atom is -0.465 e. The number of rotatable bonds is 7. The van der Waals surface area contributed by atoms with E-state index in [2.05, 4.69) is 21.2 Å². The van der Waals surface area contributed by atoms with Gasteiger partial charge in [0.15, 0.2) is 0 Å². The molecule has 0 aliphatic heterocycles. The number of benzene rings is 1. The van der Waals surface area contributed by atoms with Crippen molar-refractivity contribution < 1.29 is 14.6 Å². The summed E-state index contributed by atoms with van der Waals surface area (Å²) < 4.78 is 8.10. The molecule has 7 heteroatoms. The second-order valence-electron chi connectivity index (χ2n) is 6.04. The Morgan fingerprint density at radius 2 is 2.30 bits per heavy atom. The third kappa shape index (κ3) is 3.50. The van der Waals surface area contributed by atoms with E-state index >= 15 is 0 Å². The quantitative estimate of drug-likeness (QED) is 0.722. The molecule has 6 nitrogen and oxygen atoms in total. The molecule has 1 saturated carbocycles. The van der Waals surface area contributed by atoms with Gasteiger partial charge in [-0.3, -0.25) is 4.68 Å². The Morgan fingerprint density at radius 3 is 2.96 bits per heavy atom. The van der Waals surface area contributed by atoms with Crippen LogP contribution in [0.1, 0.15) is 25.0 Å². The number of fused-ring (bicyclic) bond motifs is 1. The topological polar surface area (TPSA) is 76.4 Å². The van der Waals surface area contributed by atoms with Crippen molar-refractivity contribution in [2.45, 2.75) is 37.8 Å². The molecular weight excluding hydrogens is 362 g/mol. The van der Waals surface area contributed by atoms with Gasteiger partial charge < -0.3 is 15.2 Å². The van der Waals surface area contributed by atoms with E-state index in [0.717, 1.165) is 46.9 Å². The number of carboxylic acid groups (broad SMARTS) is 1. The fourth-order valence-corrected chi connectivity index (χ4v) is 3.54. The third-order valence-electron chi connectivity index (χ3n) is 4.25. The van der Waals surface area contributed by atoms with Crippen LogP contribution in [-0.4, -0.2) is 40.2 Å². The van der Waals surface area contributed by atoms with Gasteiger partial charge in [0, 0.05) is 42.1 Å². The van der Waals surface area contributed by atoms with Crippen LogP contribution < -0.4 is 5.32 Å². The molecule has 1 heterocycles. The van der Waals surface area contributed by atoms with Crippen molar-refractivity contribution in [1.82, 2.24) is 15.1 Å². The van der Waals surface area contributed by atoms with Crippen molar-refractivity contribution in [2.75, 3.05) is 13.7 Å². The van der Waals surface area contributed by atoms with Crippen molar-refractivity contribution in [2.24, 2.45) is 0 Å². The number of hydrogen-bond donors (Lipinski definition) is 2. The fraction of sp³-hybridized carbons (Fsp3) is 0.500. The van der Waals surface area contributed by atoms with Crippen LogP contribution in [0, 0.1) is 0 Å². The van der Waals surface area contributed by atoms with E-state index in [1.54, 1.807) is 7.11 Å². The van der Waals surface area contributed by atoms with Crippen LogP contribution in [-0.2, 0) is 17.7 Å². The molecule has 3 rings (SSSR count). The van der Waals surface area contributed by atoms with Crippen molar-refractivity contribution in [3.05, 3.63) is 28.4 Å². The normalized spacial score (nSPS) is 15.7. The molecule has 1 aromatic heterocycles. The first-order valence-electron chi connectivity index (χ1n) is 7.69. The van der Waals surface area contributed by atoms with E-state index in [9.17, 15) is 4.79 Å². The summed E-state index contributed by atoms with van der Waals surface area (Å²) in [4.78, 5) is 11.0. The van der Waals surface area contributed by atoms with E-state index < -0.39 is 6.09 Å². The van der Waals surface area contributed by atoms with Gasteiger partial charge in [-0.15, -0.1) is 0 Å². The highest BCUT2D eigenvalue weighted by Crippen LogP contribution is 2.40. The van der Waals surface area contributed by atoms with Gasteiger partial charge >= 0.3 is 6.09 Å². The Balaban J connectivity index is 1.91. The van der Waals surface area contributed by atoms with Crippen LogP contribution >= 0.6 is 15.9 Å². The predicted octanol–water partition coefficient (Wildman–Crippen LogP) is 3.18. The molecule has 2 N–H and O–H groups in total. The molecule has 1 aromatic carbocycles. The summed E-state index contributed by atoms with van der Waals surface area (Å²) in [7, 11) is 1.69. The molecule has 1 aliphatic carbocycles. The van der Waals surface area contributed by atoms with E-state index in [0.29, 0.717) is 13.0 Å². The molecule has 0 atom stereocenters. The Hall–Kier alpha value is -1.60. The molecule has 0 spiro atoms. The molecule has 0 radical (unpaired) electrons. The lowest BCUT2D eigenvalue weighted by Crippen LogP contribution is -2.37. The number of nitrogens with one attached hydrogen (secondary N) is 1. The maximum absolute atomic E-state index is 11.0. The highest BCUT2D eigenvalue weighted by atomic mass is 79.9. The lowest BCUT2D eigenvalue weighted by atomic mass is 10.1. The third-order valence-corrected chi connectivity index (χ3v) is 4.91. The zero-order valence-corrected chi connectivity index (χ0v) is 14.6. The van der Waals surface area contributed by atoms with Gasteiger partial charge in [0.1, 0.15) is 0 Å². The summed E-state index contributed by atoms with van der Waals surface area (Å²) in [5, 5.41) is 17.5. The Kier molecular flexibility index (Phi) is 4.59. The highest BCUT2D eigenvalue weighted by molar-refractivity contribution is 9.10. The first-order valence-corrected chi connectivity index (χ1v) is 8.48. The second-order valence-corrected chi connectivity index (χ2v) is 6.89. The molecular formula is C16H20BrN3O3. The van der Waals surface area contributed by atoms with Crippen molar-refractivity contribution in [3.63, 3.8) is 0 Å². The smallest absolute Gasteiger partial charge is 0.405 e. The van der Waals surface area contributed by atoms with E-state index in [1.807, 2.05) is 22.9 Å². The second kappa shape index (κ2) is 6.49. The molecule has 124 valence electrons. The van der Waals surface area contributed by atoms with Crippen molar-refractivity contribution >= 4 is 32.9 Å². The molecule has 1 aliphatic rings. The monoisotopic (exact) mass is 381 g/mol. The zero-order chi connectivity index (χ0) is 16.4. The molecule has 1 amide bonds. The molecule has 0 bridgehead atoms. The Morgan fingerprint density at radius 1 is 1.52 bits per heavy atom. The van der Waals surface area contributed by atoms with Gasteiger partial charge in [-0.1, -0.05) is 22.0 Å². The van der Waals surface area contributed by atoms with Gasteiger partial charge in [-0.25, -0.2) is 4.79 Å². The summed E-state index contributed by atoms with van der Waals surface area (Å²) in [5.74, 6) is 0. The fourth-order valence-electron chi connectivity index (χ4n) is 2.96. The van der Waals surface area contributed by atoms with Crippen LogP contribution in [0.4, 0.5) is 4.79 Å². The molecule has 2 aromatic rings. The summed E-state index contributed by atoms with van der Waals surface area (Å²) in [5.41, 5.74) is 1.66. The van der Waals surface area contributed by atoms with Crippen LogP contribution in [0.25, 0.3) is 10.9 Å². The lowest BCUT2D eigenvalue weighted by Gasteiger charge is -2.13. The molecule has 0 unspecified atom stereocenters. The van der Waals surface area contributed by atoms with Crippen LogP contribution in [0.2, 0.25) is 0 Å². The van der Waals surface area contributed by atoms with Gasteiger partial charge in [0.25, 0.3) is 0 Å². The van der Waals surface area contributed by atoms with Crippen LogP contribution in [0.3, 0.4) is 0 Å². The number of nitrogens with zero attached hydrogens (tertiary/aromatic N) is 2. The van der Waals surface area contributed by atoms with Crippen LogP contribution in [0.5, 0.6) is 0 Å². The lowest BCUT2D eigenvalue weighted by molar-refractivity contribution is 0.187. The van der Waals surface area contributed by atoms with E-state index in [-0.39, 0.29) is 5.54 Å².